The van der Waals surface area contributed by atoms with Crippen LogP contribution >= 0.6 is 11.6 Å². The van der Waals surface area contributed by atoms with Crippen molar-refractivity contribution in [3.05, 3.63) is 28.8 Å². The summed E-state index contributed by atoms with van der Waals surface area (Å²) in [6.45, 7) is 5.25. The second-order valence-electron chi connectivity index (χ2n) is 6.46. The second kappa shape index (κ2) is 8.33. The van der Waals surface area contributed by atoms with E-state index in [-0.39, 0.29) is 28.4 Å². The van der Waals surface area contributed by atoms with Gasteiger partial charge in [-0.05, 0) is 44.9 Å². The van der Waals surface area contributed by atoms with Crippen LogP contribution in [0.1, 0.15) is 38.9 Å². The molecule has 0 saturated heterocycles. The summed E-state index contributed by atoms with van der Waals surface area (Å²) in [5.74, 6) is 0. The van der Waals surface area contributed by atoms with E-state index in [9.17, 15) is 23.4 Å². The fraction of sp³-hybridized carbons (Fsp3) is 0.533. The zero-order valence-electron chi connectivity index (χ0n) is 14.2. The highest BCUT2D eigenvalue weighted by molar-refractivity contribution is 7.89. The van der Waals surface area contributed by atoms with Crippen molar-refractivity contribution < 1.29 is 28.2 Å². The van der Waals surface area contributed by atoms with Crippen molar-refractivity contribution in [2.75, 3.05) is 6.54 Å². The first kappa shape index (κ1) is 21.7. The Morgan fingerprint density at radius 3 is 2.44 bits per heavy atom. The first-order valence-corrected chi connectivity index (χ1v) is 9.39. The number of ether oxygens (including phenoxy) is 1. The Bertz CT molecular complexity index is 717. The molecule has 2 unspecified atom stereocenters. The van der Waals surface area contributed by atoms with Crippen molar-refractivity contribution in [2.45, 2.75) is 49.9 Å². The maximum absolute atomic E-state index is 11.5. The van der Waals surface area contributed by atoms with E-state index in [0.717, 1.165) is 6.07 Å². The molecule has 5 N–H and O–H groups in total. The van der Waals surface area contributed by atoms with E-state index in [1.54, 1.807) is 20.8 Å². The van der Waals surface area contributed by atoms with E-state index < -0.39 is 33.9 Å². The summed E-state index contributed by atoms with van der Waals surface area (Å²) in [6, 6.07) is 3.68. The highest BCUT2D eigenvalue weighted by Crippen LogP contribution is 2.26. The van der Waals surface area contributed by atoms with Crippen LogP contribution in [-0.2, 0) is 14.8 Å². The summed E-state index contributed by atoms with van der Waals surface area (Å²) in [5.41, 5.74) is -0.411. The molecule has 1 amide bonds. The summed E-state index contributed by atoms with van der Waals surface area (Å²) < 4.78 is 27.6. The lowest BCUT2D eigenvalue weighted by molar-refractivity contribution is 0.0123. The smallest absolute Gasteiger partial charge is 0.407 e. The van der Waals surface area contributed by atoms with Crippen LogP contribution in [0.4, 0.5) is 4.79 Å². The minimum absolute atomic E-state index is 0.0506. The molecule has 0 saturated carbocycles. The highest BCUT2D eigenvalue weighted by atomic mass is 35.5. The van der Waals surface area contributed by atoms with Gasteiger partial charge in [0.25, 0.3) is 0 Å². The molecule has 0 aliphatic rings. The lowest BCUT2D eigenvalue weighted by atomic mass is 10.0. The first-order chi connectivity index (χ1) is 11.3. The van der Waals surface area contributed by atoms with Gasteiger partial charge in [0, 0.05) is 6.54 Å². The number of aliphatic hydroxyl groups excluding tert-OH is 2. The number of alkyl carbamates (subject to hydrolysis) is 1. The number of sulfonamides is 1. The molecule has 0 fully saturated rings. The molecule has 1 rings (SSSR count). The number of aliphatic hydroxyl groups is 2. The van der Waals surface area contributed by atoms with Crippen molar-refractivity contribution >= 4 is 27.7 Å². The van der Waals surface area contributed by atoms with E-state index in [0.29, 0.717) is 0 Å². The normalized spacial score (nSPS) is 14.7. The van der Waals surface area contributed by atoms with Gasteiger partial charge < -0.3 is 20.3 Å². The maximum atomic E-state index is 11.5. The zero-order valence-corrected chi connectivity index (χ0v) is 15.8. The Labute approximate surface area is 152 Å². The minimum Gasteiger partial charge on any atom is -0.444 e. The molecular weight excluding hydrogens is 372 g/mol. The first-order valence-electron chi connectivity index (χ1n) is 7.46. The third-order valence-electron chi connectivity index (χ3n) is 3.08. The SMILES string of the molecule is CC(C)(C)OC(=O)NCCC(O)C(O)c1ccc(S(N)(=O)=O)c(Cl)c1. The number of carbonyl (C=O) groups is 1. The van der Waals surface area contributed by atoms with E-state index in [4.69, 9.17) is 21.5 Å². The fourth-order valence-electron chi connectivity index (χ4n) is 1.95. The largest absolute Gasteiger partial charge is 0.444 e. The average Bonchev–Trinajstić information content (AvgIpc) is 2.42. The molecule has 1 aromatic carbocycles. The van der Waals surface area contributed by atoms with Gasteiger partial charge in [0.15, 0.2) is 0 Å². The summed E-state index contributed by atoms with van der Waals surface area (Å²) in [7, 11) is -3.97. The van der Waals surface area contributed by atoms with Crippen LogP contribution in [0.3, 0.4) is 0 Å². The quantitative estimate of drug-likeness (QED) is 0.573. The van der Waals surface area contributed by atoms with Crippen molar-refractivity contribution in [1.29, 1.82) is 0 Å². The van der Waals surface area contributed by atoms with Crippen LogP contribution in [0.25, 0.3) is 0 Å². The van der Waals surface area contributed by atoms with Crippen molar-refractivity contribution in [3.63, 3.8) is 0 Å². The van der Waals surface area contributed by atoms with Crippen LogP contribution in [0.15, 0.2) is 23.1 Å². The Hall–Kier alpha value is -1.39. The molecule has 2 atom stereocenters. The van der Waals surface area contributed by atoms with Crippen LogP contribution < -0.4 is 10.5 Å². The number of hydrogen-bond donors (Lipinski definition) is 4. The highest BCUT2D eigenvalue weighted by Gasteiger charge is 2.22. The predicted molar refractivity (Wildman–Crippen MR) is 92.6 cm³/mol. The van der Waals surface area contributed by atoms with Crippen LogP contribution in [0.2, 0.25) is 5.02 Å². The van der Waals surface area contributed by atoms with Crippen molar-refractivity contribution in [3.8, 4) is 0 Å². The van der Waals surface area contributed by atoms with E-state index >= 15 is 0 Å². The number of rotatable bonds is 6. The average molecular weight is 395 g/mol. The van der Waals surface area contributed by atoms with Crippen molar-refractivity contribution in [2.24, 2.45) is 5.14 Å². The summed E-state index contributed by atoms with van der Waals surface area (Å²) in [6.07, 6.45) is -3.09. The third kappa shape index (κ3) is 7.17. The summed E-state index contributed by atoms with van der Waals surface area (Å²) in [4.78, 5) is 11.2. The van der Waals surface area contributed by atoms with Gasteiger partial charge >= 0.3 is 6.09 Å². The number of halogens is 1. The second-order valence-corrected chi connectivity index (χ2v) is 8.40. The van der Waals surface area contributed by atoms with Gasteiger partial charge in [-0.2, -0.15) is 0 Å². The standard InChI is InChI=1S/C15H23ClN2O6S/c1-15(2,3)24-14(21)18-7-6-11(19)13(20)9-4-5-12(10(16)8-9)25(17,22)23/h4-5,8,11,13,19-20H,6-7H2,1-3H3,(H,18,21)(H2,17,22,23). The Kier molecular flexibility index (Phi) is 7.21. The lowest BCUT2D eigenvalue weighted by Gasteiger charge is -2.21. The topological polar surface area (TPSA) is 139 Å². The molecule has 0 radical (unpaired) electrons. The molecule has 142 valence electrons. The number of nitrogens with one attached hydrogen (secondary N) is 1. The lowest BCUT2D eigenvalue weighted by Crippen LogP contribution is -2.34. The third-order valence-corrected chi connectivity index (χ3v) is 4.47. The number of primary sulfonamides is 1. The molecule has 0 bridgehead atoms. The van der Waals surface area contributed by atoms with Crippen LogP contribution in [0.5, 0.6) is 0 Å². The number of amides is 1. The van der Waals surface area contributed by atoms with Gasteiger partial charge in [0.1, 0.15) is 16.6 Å². The summed E-state index contributed by atoms with van der Waals surface area (Å²) >= 11 is 5.84. The molecule has 0 aromatic heterocycles. The van der Waals surface area contributed by atoms with E-state index in [1.807, 2.05) is 0 Å². The van der Waals surface area contributed by atoms with Gasteiger partial charge in [0.05, 0.1) is 11.1 Å². The van der Waals surface area contributed by atoms with Gasteiger partial charge in [-0.15, -0.1) is 0 Å². The molecule has 0 aliphatic carbocycles. The zero-order chi connectivity index (χ0) is 19.4. The predicted octanol–water partition coefficient (Wildman–Crippen LogP) is 1.30. The van der Waals surface area contributed by atoms with Gasteiger partial charge in [-0.3, -0.25) is 0 Å². The molecule has 8 nitrogen and oxygen atoms in total. The minimum atomic E-state index is -3.97. The van der Waals surface area contributed by atoms with Crippen LogP contribution in [-0.4, -0.2) is 43.0 Å². The molecule has 10 heteroatoms. The Morgan fingerprint density at radius 2 is 1.96 bits per heavy atom. The monoisotopic (exact) mass is 394 g/mol. The molecule has 25 heavy (non-hydrogen) atoms. The van der Waals surface area contributed by atoms with Gasteiger partial charge in [-0.25, -0.2) is 18.4 Å². The molecule has 0 spiro atoms. The fourth-order valence-corrected chi connectivity index (χ4v) is 3.05. The maximum Gasteiger partial charge on any atom is 0.407 e. The van der Waals surface area contributed by atoms with Gasteiger partial charge in [0.2, 0.25) is 10.0 Å². The van der Waals surface area contributed by atoms with E-state index in [1.165, 1.54) is 12.1 Å². The number of carbonyl (C=O) groups excluding carboxylic acids is 1. The molecule has 1 aromatic rings. The molecule has 0 heterocycles. The Balaban J connectivity index is 2.64. The summed E-state index contributed by atoms with van der Waals surface area (Å²) in [5, 5.41) is 27.4. The van der Waals surface area contributed by atoms with Crippen LogP contribution in [0, 0.1) is 0 Å². The number of hydrogen-bond acceptors (Lipinski definition) is 6. The van der Waals surface area contributed by atoms with Crippen molar-refractivity contribution in [1.82, 2.24) is 5.32 Å². The number of benzene rings is 1. The molecular formula is C15H23ClN2O6S. The Morgan fingerprint density at radius 1 is 1.36 bits per heavy atom. The number of nitrogens with two attached hydrogens (primary N) is 1. The molecule has 0 aliphatic heterocycles. The van der Waals surface area contributed by atoms with E-state index in [2.05, 4.69) is 5.32 Å². The van der Waals surface area contributed by atoms with Gasteiger partial charge in [-0.1, -0.05) is 17.7 Å².